The Hall–Kier alpha value is -1.50. The van der Waals surface area contributed by atoms with E-state index in [1.54, 1.807) is 0 Å². The summed E-state index contributed by atoms with van der Waals surface area (Å²) in [6, 6.07) is 10.9. The van der Waals surface area contributed by atoms with Gasteiger partial charge >= 0.3 is 0 Å². The Morgan fingerprint density at radius 1 is 1.29 bits per heavy atom. The van der Waals surface area contributed by atoms with E-state index in [4.69, 9.17) is 0 Å². The van der Waals surface area contributed by atoms with Crippen LogP contribution in [0.2, 0.25) is 0 Å². The Kier molecular flexibility index (Phi) is 3.10. The van der Waals surface area contributed by atoms with Crippen molar-refractivity contribution in [2.45, 2.75) is 26.7 Å². The molecule has 0 aliphatic heterocycles. The van der Waals surface area contributed by atoms with Gasteiger partial charge in [0.05, 0.1) is 0 Å². The maximum absolute atomic E-state index is 3.85. The predicted molar refractivity (Wildman–Crippen MR) is 75.2 cm³/mol. The van der Waals surface area contributed by atoms with E-state index in [9.17, 15) is 0 Å². The molecule has 0 unspecified atom stereocenters. The number of para-hydroxylation sites is 1. The fraction of sp³-hybridized carbons (Fsp3) is 0.375. The second-order valence-corrected chi connectivity index (χ2v) is 5.59. The lowest BCUT2D eigenvalue weighted by molar-refractivity contribution is 0.361. The normalized spacial score (nSPS) is 11.9. The van der Waals surface area contributed by atoms with Gasteiger partial charge in [-0.05, 0) is 35.8 Å². The molecule has 1 nitrogen and oxygen atoms in total. The van der Waals surface area contributed by atoms with Crippen LogP contribution in [0.1, 0.15) is 26.0 Å². The Morgan fingerprint density at radius 3 is 2.65 bits per heavy atom. The summed E-state index contributed by atoms with van der Waals surface area (Å²) < 4.78 is 2.31. The van der Waals surface area contributed by atoms with Crippen molar-refractivity contribution in [2.24, 2.45) is 12.5 Å². The lowest BCUT2D eigenvalue weighted by Gasteiger charge is -2.23. The highest BCUT2D eigenvalue weighted by Gasteiger charge is 2.19. The zero-order valence-electron chi connectivity index (χ0n) is 11.0. The van der Waals surface area contributed by atoms with Crippen molar-refractivity contribution in [3.05, 3.63) is 48.7 Å². The summed E-state index contributed by atoms with van der Waals surface area (Å²) in [5.74, 6) is 0. The number of allylic oxidation sites excluding steroid dienone is 1. The number of hydrogen-bond acceptors (Lipinski definition) is 0. The van der Waals surface area contributed by atoms with Gasteiger partial charge in [0.25, 0.3) is 0 Å². The first-order valence-electron chi connectivity index (χ1n) is 6.18. The molecule has 0 amide bonds. The van der Waals surface area contributed by atoms with Crippen molar-refractivity contribution < 1.29 is 0 Å². The molecule has 2 aromatic rings. The van der Waals surface area contributed by atoms with E-state index >= 15 is 0 Å². The highest BCUT2D eigenvalue weighted by atomic mass is 14.9. The molecule has 0 aliphatic carbocycles. The molecule has 17 heavy (non-hydrogen) atoms. The van der Waals surface area contributed by atoms with Gasteiger partial charge < -0.3 is 4.57 Å². The van der Waals surface area contributed by atoms with Crippen LogP contribution in [0, 0.1) is 5.41 Å². The minimum atomic E-state index is 0.282. The van der Waals surface area contributed by atoms with E-state index in [2.05, 4.69) is 62.4 Å². The topological polar surface area (TPSA) is 4.93 Å². The van der Waals surface area contributed by atoms with E-state index in [1.807, 2.05) is 6.08 Å². The molecule has 2 rings (SSSR count). The molecule has 0 radical (unpaired) electrons. The van der Waals surface area contributed by atoms with Crippen LogP contribution >= 0.6 is 0 Å². The van der Waals surface area contributed by atoms with Crippen LogP contribution in [0.15, 0.2) is 43.0 Å². The smallest absolute Gasteiger partial charge is 0.0479 e. The minimum absolute atomic E-state index is 0.282. The molecule has 0 fully saturated rings. The SMILES string of the molecule is C=CCC(C)(C)Cc1cc2ccccc2n1C. The number of fused-ring (bicyclic) bond motifs is 1. The van der Waals surface area contributed by atoms with Gasteiger partial charge in [-0.2, -0.15) is 0 Å². The molecule has 1 aromatic carbocycles. The summed E-state index contributed by atoms with van der Waals surface area (Å²) in [6.45, 7) is 8.44. The number of benzene rings is 1. The lowest BCUT2D eigenvalue weighted by atomic mass is 9.84. The first kappa shape index (κ1) is 12.0. The average Bonchev–Trinajstić information content (AvgIpc) is 2.56. The van der Waals surface area contributed by atoms with E-state index in [-0.39, 0.29) is 5.41 Å². The first-order chi connectivity index (χ1) is 8.03. The largest absolute Gasteiger partial charge is 0.348 e. The standard InChI is InChI=1S/C16H21N/c1-5-10-16(2,3)12-14-11-13-8-6-7-9-15(13)17(14)4/h5-9,11H,1,10,12H2,2-4H3. The van der Waals surface area contributed by atoms with Crippen LogP contribution in [-0.2, 0) is 13.5 Å². The van der Waals surface area contributed by atoms with Crippen molar-refractivity contribution in [3.63, 3.8) is 0 Å². The summed E-state index contributed by atoms with van der Waals surface area (Å²) in [5, 5.41) is 1.33. The highest BCUT2D eigenvalue weighted by Crippen LogP contribution is 2.29. The molecule has 1 heterocycles. The van der Waals surface area contributed by atoms with Crippen LogP contribution in [0.5, 0.6) is 0 Å². The molecule has 0 saturated carbocycles. The molecule has 90 valence electrons. The average molecular weight is 227 g/mol. The van der Waals surface area contributed by atoms with Gasteiger partial charge in [-0.3, -0.25) is 0 Å². The summed E-state index contributed by atoms with van der Waals surface area (Å²) >= 11 is 0. The fourth-order valence-electron chi connectivity index (χ4n) is 2.47. The third-order valence-corrected chi connectivity index (χ3v) is 3.41. The zero-order chi connectivity index (χ0) is 12.5. The molecular formula is C16H21N. The minimum Gasteiger partial charge on any atom is -0.348 e. The number of hydrogen-bond donors (Lipinski definition) is 0. The second kappa shape index (κ2) is 4.40. The van der Waals surface area contributed by atoms with Crippen LogP contribution in [0.3, 0.4) is 0 Å². The molecule has 0 saturated heterocycles. The molecule has 0 bridgehead atoms. The third-order valence-electron chi connectivity index (χ3n) is 3.41. The fourth-order valence-corrected chi connectivity index (χ4v) is 2.47. The van der Waals surface area contributed by atoms with Gasteiger partial charge in [0, 0.05) is 18.3 Å². The Morgan fingerprint density at radius 2 is 2.00 bits per heavy atom. The predicted octanol–water partition coefficient (Wildman–Crippen LogP) is 4.32. The molecule has 0 spiro atoms. The quantitative estimate of drug-likeness (QED) is 0.685. The Balaban J connectivity index is 2.36. The third kappa shape index (κ3) is 2.44. The number of nitrogens with zero attached hydrogens (tertiary/aromatic N) is 1. The van der Waals surface area contributed by atoms with Crippen LogP contribution in [0.4, 0.5) is 0 Å². The van der Waals surface area contributed by atoms with Crippen molar-refractivity contribution >= 4 is 10.9 Å². The molecule has 1 heteroatoms. The second-order valence-electron chi connectivity index (χ2n) is 5.59. The summed E-state index contributed by atoms with van der Waals surface area (Å²) in [6.07, 6.45) is 4.15. The van der Waals surface area contributed by atoms with Crippen LogP contribution in [0.25, 0.3) is 10.9 Å². The van der Waals surface area contributed by atoms with Crippen molar-refractivity contribution in [3.8, 4) is 0 Å². The molecule has 0 aliphatic rings. The maximum atomic E-state index is 3.85. The van der Waals surface area contributed by atoms with E-state index < -0.39 is 0 Å². The Bertz CT molecular complexity index is 531. The number of aryl methyl sites for hydroxylation is 1. The maximum Gasteiger partial charge on any atom is 0.0479 e. The van der Waals surface area contributed by atoms with Crippen LogP contribution in [-0.4, -0.2) is 4.57 Å². The van der Waals surface area contributed by atoms with Crippen molar-refractivity contribution in [1.29, 1.82) is 0 Å². The van der Waals surface area contributed by atoms with Crippen molar-refractivity contribution in [2.75, 3.05) is 0 Å². The number of aromatic nitrogens is 1. The van der Waals surface area contributed by atoms with Gasteiger partial charge in [0.2, 0.25) is 0 Å². The monoisotopic (exact) mass is 227 g/mol. The van der Waals surface area contributed by atoms with Crippen LogP contribution < -0.4 is 0 Å². The summed E-state index contributed by atoms with van der Waals surface area (Å²) in [7, 11) is 2.15. The lowest BCUT2D eigenvalue weighted by Crippen LogP contribution is -2.15. The first-order valence-corrected chi connectivity index (χ1v) is 6.18. The van der Waals surface area contributed by atoms with Gasteiger partial charge in [-0.25, -0.2) is 0 Å². The molecule has 0 N–H and O–H groups in total. The molecule has 1 aromatic heterocycles. The van der Waals surface area contributed by atoms with Gasteiger partial charge in [0.1, 0.15) is 0 Å². The summed E-state index contributed by atoms with van der Waals surface area (Å²) in [4.78, 5) is 0. The Labute approximate surface area is 104 Å². The van der Waals surface area contributed by atoms with E-state index in [0.717, 1.165) is 12.8 Å². The van der Waals surface area contributed by atoms with Gasteiger partial charge in [-0.1, -0.05) is 38.1 Å². The van der Waals surface area contributed by atoms with Crippen molar-refractivity contribution in [1.82, 2.24) is 4.57 Å². The zero-order valence-corrected chi connectivity index (χ0v) is 11.0. The number of rotatable bonds is 4. The van der Waals surface area contributed by atoms with E-state index in [0.29, 0.717) is 0 Å². The molecule has 0 atom stereocenters. The summed E-state index contributed by atoms with van der Waals surface area (Å²) in [5.41, 5.74) is 3.00. The highest BCUT2D eigenvalue weighted by molar-refractivity contribution is 5.81. The van der Waals surface area contributed by atoms with Gasteiger partial charge in [-0.15, -0.1) is 6.58 Å². The molecular weight excluding hydrogens is 206 g/mol. The van der Waals surface area contributed by atoms with Gasteiger partial charge in [0.15, 0.2) is 0 Å². The van der Waals surface area contributed by atoms with E-state index in [1.165, 1.54) is 16.6 Å².